The summed E-state index contributed by atoms with van der Waals surface area (Å²) < 4.78 is 0.976. The average Bonchev–Trinajstić information content (AvgIpc) is 2.73. The van der Waals surface area contributed by atoms with Gasteiger partial charge in [-0.15, -0.1) is 11.3 Å². The normalized spacial score (nSPS) is 32.4. The molecule has 78 valence electrons. The lowest BCUT2D eigenvalue weighted by Gasteiger charge is -2.23. The minimum absolute atomic E-state index is 0.296. The van der Waals surface area contributed by atoms with Crippen LogP contribution in [0.4, 0.5) is 0 Å². The second-order valence-electron chi connectivity index (χ2n) is 4.40. The van der Waals surface area contributed by atoms with Crippen molar-refractivity contribution in [3.05, 3.63) is 21.3 Å². The van der Waals surface area contributed by atoms with Gasteiger partial charge in [-0.2, -0.15) is 0 Å². The van der Waals surface area contributed by atoms with Gasteiger partial charge in [-0.05, 0) is 48.7 Å². The van der Waals surface area contributed by atoms with Crippen LogP contribution in [0.5, 0.6) is 0 Å². The molecule has 0 amide bonds. The fourth-order valence-corrected chi connectivity index (χ4v) is 3.67. The minimum atomic E-state index is 0.296. The molecule has 0 aromatic carbocycles. The largest absolute Gasteiger partial charge is 0.317 e. The van der Waals surface area contributed by atoms with Crippen molar-refractivity contribution >= 4 is 22.9 Å². The van der Waals surface area contributed by atoms with Crippen molar-refractivity contribution in [2.45, 2.75) is 37.6 Å². The summed E-state index contributed by atoms with van der Waals surface area (Å²) in [4.78, 5) is 0. The highest BCUT2D eigenvalue weighted by atomic mass is 35.5. The Hall–Kier alpha value is -0.0500. The van der Waals surface area contributed by atoms with E-state index in [1.807, 2.05) is 7.05 Å². The van der Waals surface area contributed by atoms with Crippen molar-refractivity contribution in [2.75, 3.05) is 7.05 Å². The Morgan fingerprint density at radius 1 is 1.64 bits per heavy atom. The maximum atomic E-state index is 6.20. The first-order valence-corrected chi connectivity index (χ1v) is 6.32. The van der Waals surface area contributed by atoms with E-state index < -0.39 is 0 Å². The molecule has 0 aliphatic heterocycles. The molecule has 2 atom stereocenters. The van der Waals surface area contributed by atoms with Crippen LogP contribution >= 0.6 is 22.9 Å². The standard InChI is InChI=1S/C11H16ClNS/c1-11(5-3-8(7-11)13-2)9-4-6-14-10(9)12/h4,6,8,13H,3,5,7H2,1-2H3. The van der Waals surface area contributed by atoms with Gasteiger partial charge < -0.3 is 5.32 Å². The van der Waals surface area contributed by atoms with Crippen LogP contribution in [0, 0.1) is 0 Å². The highest BCUT2D eigenvalue weighted by molar-refractivity contribution is 7.14. The molecular weight excluding hydrogens is 214 g/mol. The molecule has 2 rings (SSSR count). The van der Waals surface area contributed by atoms with E-state index in [0.717, 1.165) is 4.34 Å². The zero-order valence-corrected chi connectivity index (χ0v) is 10.2. The molecule has 1 fully saturated rings. The van der Waals surface area contributed by atoms with Crippen molar-refractivity contribution < 1.29 is 0 Å². The zero-order chi connectivity index (χ0) is 10.2. The van der Waals surface area contributed by atoms with Crippen LogP contribution in [0.2, 0.25) is 4.34 Å². The summed E-state index contributed by atoms with van der Waals surface area (Å²) in [5.41, 5.74) is 1.65. The van der Waals surface area contributed by atoms with Crippen LogP contribution in [0.15, 0.2) is 11.4 Å². The molecule has 1 aromatic heterocycles. The smallest absolute Gasteiger partial charge is 0.0965 e. The van der Waals surface area contributed by atoms with E-state index in [1.54, 1.807) is 11.3 Å². The third kappa shape index (κ3) is 1.71. The van der Waals surface area contributed by atoms with Gasteiger partial charge in [0.1, 0.15) is 0 Å². The molecule has 1 aliphatic carbocycles. The molecule has 0 radical (unpaired) electrons. The van der Waals surface area contributed by atoms with E-state index in [0.29, 0.717) is 11.5 Å². The summed E-state index contributed by atoms with van der Waals surface area (Å²) in [6.07, 6.45) is 3.72. The summed E-state index contributed by atoms with van der Waals surface area (Å²) >= 11 is 7.84. The molecule has 0 saturated heterocycles. The van der Waals surface area contributed by atoms with Gasteiger partial charge in [0.25, 0.3) is 0 Å². The van der Waals surface area contributed by atoms with E-state index in [9.17, 15) is 0 Å². The first-order chi connectivity index (χ1) is 6.65. The van der Waals surface area contributed by atoms with Crippen molar-refractivity contribution in [1.82, 2.24) is 5.32 Å². The van der Waals surface area contributed by atoms with Crippen molar-refractivity contribution in [1.29, 1.82) is 0 Å². The number of hydrogen-bond acceptors (Lipinski definition) is 2. The quantitative estimate of drug-likeness (QED) is 0.820. The number of rotatable bonds is 2. The molecule has 14 heavy (non-hydrogen) atoms. The Bertz CT molecular complexity index is 323. The molecule has 0 bridgehead atoms. The first-order valence-electron chi connectivity index (χ1n) is 5.06. The van der Waals surface area contributed by atoms with Crippen molar-refractivity contribution in [3.8, 4) is 0 Å². The monoisotopic (exact) mass is 229 g/mol. The maximum absolute atomic E-state index is 6.20. The van der Waals surface area contributed by atoms with Gasteiger partial charge in [-0.1, -0.05) is 18.5 Å². The summed E-state index contributed by atoms with van der Waals surface area (Å²) in [7, 11) is 2.05. The third-order valence-corrected chi connectivity index (χ3v) is 4.59. The van der Waals surface area contributed by atoms with Gasteiger partial charge >= 0.3 is 0 Å². The Labute approximate surface area is 94.5 Å². The van der Waals surface area contributed by atoms with Gasteiger partial charge in [-0.3, -0.25) is 0 Å². The van der Waals surface area contributed by atoms with E-state index >= 15 is 0 Å². The van der Waals surface area contributed by atoms with E-state index in [-0.39, 0.29) is 0 Å². The molecule has 3 heteroatoms. The topological polar surface area (TPSA) is 12.0 Å². The summed E-state index contributed by atoms with van der Waals surface area (Å²) in [6.45, 7) is 2.33. The van der Waals surface area contributed by atoms with Crippen LogP contribution in [-0.2, 0) is 5.41 Å². The average molecular weight is 230 g/mol. The fourth-order valence-electron chi connectivity index (χ4n) is 2.46. The van der Waals surface area contributed by atoms with E-state index in [4.69, 9.17) is 11.6 Å². The number of halogens is 1. The highest BCUT2D eigenvalue weighted by Crippen LogP contribution is 2.44. The first kappa shape index (κ1) is 10.5. The van der Waals surface area contributed by atoms with E-state index in [2.05, 4.69) is 23.7 Å². The predicted octanol–water partition coefficient (Wildman–Crippen LogP) is 3.43. The van der Waals surface area contributed by atoms with E-state index in [1.165, 1.54) is 24.8 Å². The third-order valence-electron chi connectivity index (χ3n) is 3.42. The Balaban J connectivity index is 2.22. The van der Waals surface area contributed by atoms with Crippen LogP contribution < -0.4 is 5.32 Å². The van der Waals surface area contributed by atoms with Gasteiger partial charge in [0.05, 0.1) is 4.34 Å². The molecule has 1 N–H and O–H groups in total. The Kier molecular flexibility index (Phi) is 2.87. The second kappa shape index (κ2) is 3.84. The summed E-state index contributed by atoms with van der Waals surface area (Å²) in [6, 6.07) is 2.85. The Morgan fingerprint density at radius 2 is 2.43 bits per heavy atom. The minimum Gasteiger partial charge on any atom is -0.317 e. The van der Waals surface area contributed by atoms with Crippen LogP contribution in [-0.4, -0.2) is 13.1 Å². The van der Waals surface area contributed by atoms with Gasteiger partial charge in [0.2, 0.25) is 0 Å². The fraction of sp³-hybridized carbons (Fsp3) is 0.636. The molecule has 0 spiro atoms. The van der Waals surface area contributed by atoms with Crippen LogP contribution in [0.3, 0.4) is 0 Å². The molecule has 1 aliphatic rings. The van der Waals surface area contributed by atoms with Gasteiger partial charge in [-0.25, -0.2) is 0 Å². The highest BCUT2D eigenvalue weighted by Gasteiger charge is 2.37. The molecule has 2 unspecified atom stereocenters. The molecule has 1 nitrogen and oxygen atoms in total. The number of thiophene rings is 1. The SMILES string of the molecule is CNC1CCC(C)(c2ccsc2Cl)C1. The molecular formula is C11H16ClNS. The van der Waals surface area contributed by atoms with Gasteiger partial charge in [0.15, 0.2) is 0 Å². The second-order valence-corrected chi connectivity index (χ2v) is 5.92. The number of hydrogen-bond donors (Lipinski definition) is 1. The summed E-state index contributed by atoms with van der Waals surface area (Å²) in [5.74, 6) is 0. The van der Waals surface area contributed by atoms with Crippen LogP contribution in [0.25, 0.3) is 0 Å². The molecule has 1 saturated carbocycles. The van der Waals surface area contributed by atoms with Crippen molar-refractivity contribution in [2.24, 2.45) is 0 Å². The Morgan fingerprint density at radius 3 is 2.93 bits per heavy atom. The number of nitrogens with one attached hydrogen (secondary N) is 1. The van der Waals surface area contributed by atoms with Gasteiger partial charge in [0, 0.05) is 6.04 Å². The zero-order valence-electron chi connectivity index (χ0n) is 8.64. The maximum Gasteiger partial charge on any atom is 0.0965 e. The molecule has 1 heterocycles. The van der Waals surface area contributed by atoms with Crippen molar-refractivity contribution in [3.63, 3.8) is 0 Å². The lowest BCUT2D eigenvalue weighted by Crippen LogP contribution is -2.25. The van der Waals surface area contributed by atoms with Crippen LogP contribution in [0.1, 0.15) is 31.7 Å². The lowest BCUT2D eigenvalue weighted by molar-refractivity contribution is 0.468. The summed E-state index contributed by atoms with van der Waals surface area (Å²) in [5, 5.41) is 5.45. The molecule has 1 aromatic rings. The lowest BCUT2D eigenvalue weighted by atomic mass is 9.82. The predicted molar refractivity (Wildman–Crippen MR) is 63.4 cm³/mol.